The average molecular weight is 287 g/mol. The van der Waals surface area contributed by atoms with E-state index < -0.39 is 0 Å². The van der Waals surface area contributed by atoms with Crippen LogP contribution in [0.15, 0.2) is 23.8 Å². The summed E-state index contributed by atoms with van der Waals surface area (Å²) in [7, 11) is 0. The van der Waals surface area contributed by atoms with E-state index in [2.05, 4.69) is 33.4 Å². The largest absolute Gasteiger partial charge is 0.322 e. The van der Waals surface area contributed by atoms with E-state index in [0.717, 1.165) is 27.6 Å². The van der Waals surface area contributed by atoms with Gasteiger partial charge in [0, 0.05) is 17.6 Å². The lowest BCUT2D eigenvalue weighted by Crippen LogP contribution is -2.05. The number of thiazole rings is 1. The molecule has 0 spiro atoms. The van der Waals surface area contributed by atoms with E-state index in [9.17, 15) is 0 Å². The Morgan fingerprint density at radius 3 is 2.70 bits per heavy atom. The molecule has 0 radical (unpaired) electrons. The fourth-order valence-corrected chi connectivity index (χ4v) is 3.01. The van der Waals surface area contributed by atoms with Crippen LogP contribution >= 0.6 is 11.3 Å². The first-order chi connectivity index (χ1) is 9.58. The van der Waals surface area contributed by atoms with Gasteiger partial charge in [0.1, 0.15) is 16.2 Å². The third-order valence-corrected chi connectivity index (χ3v) is 4.19. The average Bonchev–Trinajstić information content (AvgIpc) is 3.02. The van der Waals surface area contributed by atoms with E-state index in [-0.39, 0.29) is 6.04 Å². The Hall–Kier alpha value is -1.79. The lowest BCUT2D eigenvalue weighted by Gasteiger charge is -2.11. The first-order valence-corrected chi connectivity index (χ1v) is 7.49. The number of fused-ring (bicyclic) bond motifs is 1. The number of hydrogen-bond acceptors (Lipinski definition) is 5. The van der Waals surface area contributed by atoms with Crippen LogP contribution in [-0.4, -0.2) is 19.5 Å². The Kier molecular flexibility index (Phi) is 3.27. The third kappa shape index (κ3) is 2.10. The fraction of sp³-hybridized carbons (Fsp3) is 0.357. The predicted octanol–water partition coefficient (Wildman–Crippen LogP) is 3.16. The van der Waals surface area contributed by atoms with Crippen LogP contribution < -0.4 is 5.73 Å². The number of pyridine rings is 1. The predicted molar refractivity (Wildman–Crippen MR) is 81.6 cm³/mol. The number of aromatic nitrogens is 4. The molecule has 3 aromatic rings. The Balaban J connectivity index is 2.21. The maximum Gasteiger partial charge on any atom is 0.161 e. The summed E-state index contributed by atoms with van der Waals surface area (Å²) in [5.41, 5.74) is 8.75. The molecule has 0 aliphatic heterocycles. The molecule has 1 unspecified atom stereocenters. The molecule has 5 nitrogen and oxygen atoms in total. The van der Waals surface area contributed by atoms with Gasteiger partial charge in [-0.15, -0.1) is 11.3 Å². The molecule has 20 heavy (non-hydrogen) atoms. The lowest BCUT2D eigenvalue weighted by atomic mass is 10.3. The zero-order valence-electron chi connectivity index (χ0n) is 11.7. The van der Waals surface area contributed by atoms with Gasteiger partial charge in [0.15, 0.2) is 5.82 Å². The maximum atomic E-state index is 5.89. The second-order valence-corrected chi connectivity index (χ2v) is 6.01. The number of nitrogens with zero attached hydrogens (tertiary/aromatic N) is 4. The highest BCUT2D eigenvalue weighted by molar-refractivity contribution is 7.10. The minimum Gasteiger partial charge on any atom is -0.322 e. The topological polar surface area (TPSA) is 69.6 Å². The molecule has 0 aliphatic carbocycles. The molecule has 0 saturated heterocycles. The van der Waals surface area contributed by atoms with Crippen LogP contribution in [0.5, 0.6) is 0 Å². The summed E-state index contributed by atoms with van der Waals surface area (Å²) in [6.07, 6.45) is 3.58. The number of hydrogen-bond donors (Lipinski definition) is 1. The van der Waals surface area contributed by atoms with Crippen LogP contribution in [0, 0.1) is 0 Å². The quantitative estimate of drug-likeness (QED) is 0.803. The Morgan fingerprint density at radius 1 is 1.25 bits per heavy atom. The summed E-state index contributed by atoms with van der Waals surface area (Å²) in [6, 6.07) is 2.25. The summed E-state index contributed by atoms with van der Waals surface area (Å²) < 4.78 is 2.19. The normalized spacial score (nSPS) is 13.2. The van der Waals surface area contributed by atoms with Crippen molar-refractivity contribution in [3.63, 3.8) is 0 Å². The van der Waals surface area contributed by atoms with Gasteiger partial charge in [-0.1, -0.05) is 0 Å². The Labute approximate surface area is 121 Å². The summed E-state index contributed by atoms with van der Waals surface area (Å²) in [5, 5.41) is 2.95. The van der Waals surface area contributed by atoms with Gasteiger partial charge < -0.3 is 10.3 Å². The van der Waals surface area contributed by atoms with Crippen molar-refractivity contribution < 1.29 is 0 Å². The molecule has 0 aliphatic rings. The summed E-state index contributed by atoms with van der Waals surface area (Å²) in [5.74, 6) is 0.881. The zero-order valence-corrected chi connectivity index (χ0v) is 12.6. The van der Waals surface area contributed by atoms with E-state index in [1.807, 2.05) is 18.4 Å². The van der Waals surface area contributed by atoms with Crippen molar-refractivity contribution in [2.24, 2.45) is 5.73 Å². The van der Waals surface area contributed by atoms with Crippen LogP contribution in [0.25, 0.3) is 22.6 Å². The molecule has 1 atom stereocenters. The molecule has 6 heteroatoms. The van der Waals surface area contributed by atoms with E-state index in [1.54, 1.807) is 23.7 Å². The molecular formula is C14H17N5S. The summed E-state index contributed by atoms with van der Waals surface area (Å²) >= 11 is 1.58. The van der Waals surface area contributed by atoms with Crippen molar-refractivity contribution in [3.8, 4) is 11.5 Å². The third-order valence-electron chi connectivity index (χ3n) is 3.15. The molecule has 0 saturated carbocycles. The van der Waals surface area contributed by atoms with Crippen LogP contribution in [-0.2, 0) is 0 Å². The van der Waals surface area contributed by atoms with E-state index in [4.69, 9.17) is 5.73 Å². The van der Waals surface area contributed by atoms with Gasteiger partial charge in [0.2, 0.25) is 0 Å². The second kappa shape index (κ2) is 4.96. The van der Waals surface area contributed by atoms with Gasteiger partial charge in [0.05, 0.1) is 17.8 Å². The maximum absolute atomic E-state index is 5.89. The SMILES string of the molecule is CC(N)c1nc(-c2nc3cnccc3n2C(C)C)cs1. The van der Waals surface area contributed by atoms with Crippen molar-refractivity contribution >= 4 is 22.4 Å². The summed E-state index contributed by atoms with van der Waals surface area (Å²) in [4.78, 5) is 13.4. The Morgan fingerprint density at radius 2 is 2.05 bits per heavy atom. The van der Waals surface area contributed by atoms with Crippen molar-refractivity contribution in [1.82, 2.24) is 19.5 Å². The smallest absolute Gasteiger partial charge is 0.161 e. The standard InChI is InChI=1S/C14H17N5S/c1-8(2)19-12-4-5-16-6-10(12)17-13(19)11-7-20-14(18-11)9(3)15/h4-9H,15H2,1-3H3. The molecule has 3 aromatic heterocycles. The minimum absolute atomic E-state index is 0.0488. The number of nitrogens with two attached hydrogens (primary N) is 1. The van der Waals surface area contributed by atoms with Gasteiger partial charge in [-0.05, 0) is 26.8 Å². The molecule has 0 bridgehead atoms. The van der Waals surface area contributed by atoms with E-state index in [0.29, 0.717) is 6.04 Å². The molecular weight excluding hydrogens is 270 g/mol. The van der Waals surface area contributed by atoms with Gasteiger partial charge in [-0.3, -0.25) is 4.98 Å². The monoisotopic (exact) mass is 287 g/mol. The van der Waals surface area contributed by atoms with Crippen molar-refractivity contribution in [1.29, 1.82) is 0 Å². The van der Waals surface area contributed by atoms with Crippen LogP contribution in [0.3, 0.4) is 0 Å². The van der Waals surface area contributed by atoms with E-state index in [1.165, 1.54) is 0 Å². The first kappa shape index (κ1) is 13.2. The highest BCUT2D eigenvalue weighted by Crippen LogP contribution is 2.29. The molecule has 3 rings (SSSR count). The molecule has 104 valence electrons. The van der Waals surface area contributed by atoms with Crippen LogP contribution in [0.2, 0.25) is 0 Å². The van der Waals surface area contributed by atoms with Crippen LogP contribution in [0.1, 0.15) is 37.9 Å². The van der Waals surface area contributed by atoms with Gasteiger partial charge >= 0.3 is 0 Å². The number of rotatable bonds is 3. The highest BCUT2D eigenvalue weighted by Gasteiger charge is 2.17. The minimum atomic E-state index is -0.0488. The lowest BCUT2D eigenvalue weighted by molar-refractivity contribution is 0.623. The molecule has 0 fully saturated rings. The van der Waals surface area contributed by atoms with Crippen molar-refractivity contribution in [3.05, 3.63) is 28.8 Å². The molecule has 2 N–H and O–H groups in total. The summed E-state index contributed by atoms with van der Waals surface area (Å²) in [6.45, 7) is 6.23. The number of imidazole rings is 1. The van der Waals surface area contributed by atoms with Gasteiger partial charge in [0.25, 0.3) is 0 Å². The zero-order chi connectivity index (χ0) is 14.3. The van der Waals surface area contributed by atoms with Crippen molar-refractivity contribution in [2.75, 3.05) is 0 Å². The second-order valence-electron chi connectivity index (χ2n) is 5.12. The molecule has 0 amide bonds. The van der Waals surface area contributed by atoms with Gasteiger partial charge in [-0.2, -0.15) is 0 Å². The van der Waals surface area contributed by atoms with Crippen molar-refractivity contribution in [2.45, 2.75) is 32.9 Å². The molecule has 0 aromatic carbocycles. The molecule has 3 heterocycles. The van der Waals surface area contributed by atoms with E-state index >= 15 is 0 Å². The highest BCUT2D eigenvalue weighted by atomic mass is 32.1. The first-order valence-electron chi connectivity index (χ1n) is 6.61. The fourth-order valence-electron chi connectivity index (χ4n) is 2.25. The van der Waals surface area contributed by atoms with Gasteiger partial charge in [-0.25, -0.2) is 9.97 Å². The van der Waals surface area contributed by atoms with Crippen LogP contribution in [0.4, 0.5) is 0 Å². The Bertz CT molecular complexity index is 741.